The summed E-state index contributed by atoms with van der Waals surface area (Å²) in [5, 5.41) is 125. The molecule has 0 saturated carbocycles. The Labute approximate surface area is 374 Å². The average Bonchev–Trinajstić information content (AvgIpc) is 3.29. The third kappa shape index (κ3) is 10.3. The number of hydrogen-bond acceptors (Lipinski definition) is 24. The van der Waals surface area contributed by atoms with Gasteiger partial charge < -0.3 is 104 Å². The second-order valence-corrected chi connectivity index (χ2v) is 16.3. The Bertz CT molecular complexity index is 2230. The van der Waals surface area contributed by atoms with E-state index >= 15 is 0 Å². The van der Waals surface area contributed by atoms with Gasteiger partial charge in [0.15, 0.2) is 29.7 Å². The number of aliphatic hydroxyl groups excluding tert-OH is 9. The van der Waals surface area contributed by atoms with Crippen LogP contribution in [0.1, 0.15) is 34.1 Å². The van der Waals surface area contributed by atoms with Crippen molar-refractivity contribution in [1.82, 2.24) is 0 Å². The zero-order chi connectivity index (χ0) is 48.5. The second kappa shape index (κ2) is 20.9. The van der Waals surface area contributed by atoms with Crippen molar-refractivity contribution in [3.05, 3.63) is 40.6 Å². The summed E-state index contributed by atoms with van der Waals surface area (Å²) in [7, 11) is 0. The Kier molecular flexibility index (Phi) is 16.0. The lowest BCUT2D eigenvalue weighted by Gasteiger charge is -2.46. The molecule has 3 aromatic rings. The highest BCUT2D eigenvalue weighted by atomic mass is 16.8. The van der Waals surface area contributed by atoms with Crippen molar-refractivity contribution in [2.24, 2.45) is 11.8 Å². The van der Waals surface area contributed by atoms with E-state index in [1.54, 1.807) is 6.92 Å². The maximum atomic E-state index is 14.2. The summed E-state index contributed by atoms with van der Waals surface area (Å²) in [4.78, 5) is 39.8. The highest BCUT2D eigenvalue weighted by Gasteiger charge is 2.53. The van der Waals surface area contributed by atoms with E-state index in [9.17, 15) is 75.7 Å². The third-order valence-electron chi connectivity index (χ3n) is 11.5. The van der Waals surface area contributed by atoms with Gasteiger partial charge in [0.2, 0.25) is 23.8 Å². The van der Waals surface area contributed by atoms with Gasteiger partial charge >= 0.3 is 11.9 Å². The van der Waals surface area contributed by atoms with Crippen molar-refractivity contribution in [2.75, 3.05) is 19.8 Å². The normalized spacial score (nSPS) is 33.4. The van der Waals surface area contributed by atoms with Crippen LogP contribution in [0.2, 0.25) is 0 Å². The first-order chi connectivity index (χ1) is 31.2. The van der Waals surface area contributed by atoms with Crippen LogP contribution in [0.3, 0.4) is 0 Å². The fourth-order valence-corrected chi connectivity index (χ4v) is 7.18. The highest BCUT2D eigenvalue weighted by Crippen LogP contribution is 2.41. The fourth-order valence-electron chi connectivity index (χ4n) is 7.18. The number of carbonyl (C=O) groups excluding carboxylic acids is 2. The summed E-state index contributed by atoms with van der Waals surface area (Å²) >= 11 is 0. The van der Waals surface area contributed by atoms with Crippen molar-refractivity contribution < 1.29 is 113 Å². The van der Waals surface area contributed by atoms with Gasteiger partial charge in [-0.2, -0.15) is 0 Å². The molecule has 366 valence electrons. The molecular weight excluding hydrogens is 888 g/mol. The maximum Gasteiger partial charge on any atom is 0.311 e. The summed E-state index contributed by atoms with van der Waals surface area (Å²) in [6, 6.07) is 5.19. The van der Waals surface area contributed by atoms with Crippen LogP contribution in [0.15, 0.2) is 39.5 Å². The molecule has 66 heavy (non-hydrogen) atoms. The Hall–Kier alpha value is -4.93. The number of aromatic hydroxyl groups is 3. The minimum atomic E-state index is -2.01. The Morgan fingerprint density at radius 1 is 0.697 bits per heavy atom. The number of phenolic OH excluding ortho intramolecular Hbond substituents is 3. The van der Waals surface area contributed by atoms with E-state index in [0.29, 0.717) is 0 Å². The molecule has 0 spiro atoms. The quantitative estimate of drug-likeness (QED) is 0.0556. The lowest BCUT2D eigenvalue weighted by molar-refractivity contribution is -0.351. The van der Waals surface area contributed by atoms with Gasteiger partial charge in [0.25, 0.3) is 0 Å². The molecule has 3 fully saturated rings. The summed E-state index contributed by atoms with van der Waals surface area (Å²) in [5.41, 5.74) is -1.70. The van der Waals surface area contributed by atoms with Crippen LogP contribution in [0.4, 0.5) is 0 Å². The lowest BCUT2D eigenvalue weighted by Crippen LogP contribution is -2.65. The molecule has 24 heteroatoms. The number of hydrogen-bond donors (Lipinski definition) is 12. The predicted octanol–water partition coefficient (Wildman–Crippen LogP) is -2.44. The highest BCUT2D eigenvalue weighted by molar-refractivity contribution is 5.88. The number of fused-ring (bicyclic) bond motifs is 1. The molecule has 0 aliphatic carbocycles. The summed E-state index contributed by atoms with van der Waals surface area (Å²) < 4.78 is 51.8. The number of rotatable bonds is 15. The lowest BCUT2D eigenvalue weighted by atomic mass is 9.97. The van der Waals surface area contributed by atoms with Crippen LogP contribution < -0.4 is 14.9 Å². The topological polar surface area (TPSA) is 381 Å². The van der Waals surface area contributed by atoms with Crippen LogP contribution >= 0.6 is 0 Å². The standard InChI is InChI=1S/C42H54O24/c1-5-14(2)39(57)64-37-35(65-41-33(55)31(53)28(50)24(63-41)13-58-38(56)15(3)11-43)26(48)16(4)59-42(37)60-18-9-21(47)25-22(10-18)61-34(17-6-7-19(45)20(46)8-17)36(29(25)51)66-40-32(54)30(52)27(49)23(12-44)62-40/h6-10,14-16,23-24,26-28,30-33,35,37,40-50,52-55H,5,11-13H2,1-4H3/t14-,15?,16-,23+,24+,26-,27+,28+,30-,31-,32+,33+,35+,37+,40-,41-,42-/m0/s1. The molecule has 6 rings (SSSR count). The van der Waals surface area contributed by atoms with Crippen LogP contribution in [0.25, 0.3) is 22.3 Å². The number of carbonyl (C=O) groups is 2. The van der Waals surface area contributed by atoms with Gasteiger partial charge in [-0.1, -0.05) is 13.8 Å². The predicted molar refractivity (Wildman–Crippen MR) is 216 cm³/mol. The first-order valence-electron chi connectivity index (χ1n) is 20.9. The first kappa shape index (κ1) is 50.5. The minimum absolute atomic E-state index is 0.130. The molecule has 0 amide bonds. The summed E-state index contributed by atoms with van der Waals surface area (Å²) in [6.07, 6.45) is -26.2. The second-order valence-electron chi connectivity index (χ2n) is 16.3. The van der Waals surface area contributed by atoms with Gasteiger partial charge in [-0.3, -0.25) is 14.4 Å². The van der Waals surface area contributed by atoms with Gasteiger partial charge in [0.1, 0.15) is 90.1 Å². The number of esters is 2. The molecule has 3 aliphatic rings. The molecule has 2 aromatic carbocycles. The van der Waals surface area contributed by atoms with Gasteiger partial charge in [-0.15, -0.1) is 0 Å². The zero-order valence-electron chi connectivity index (χ0n) is 35.8. The van der Waals surface area contributed by atoms with Crippen molar-refractivity contribution in [2.45, 2.75) is 126 Å². The van der Waals surface area contributed by atoms with Crippen LogP contribution in [-0.4, -0.2) is 185 Å². The molecule has 1 unspecified atom stereocenters. The minimum Gasteiger partial charge on any atom is -0.507 e. The Balaban J connectivity index is 1.37. The van der Waals surface area contributed by atoms with E-state index in [0.717, 1.165) is 24.3 Å². The van der Waals surface area contributed by atoms with E-state index in [1.165, 1.54) is 26.8 Å². The molecule has 1 aromatic heterocycles. The molecule has 0 bridgehead atoms. The summed E-state index contributed by atoms with van der Waals surface area (Å²) in [6.45, 7) is 3.91. The largest absolute Gasteiger partial charge is 0.507 e. The van der Waals surface area contributed by atoms with E-state index in [-0.39, 0.29) is 17.7 Å². The van der Waals surface area contributed by atoms with E-state index in [2.05, 4.69) is 0 Å². The number of benzene rings is 2. The Morgan fingerprint density at radius 2 is 1.35 bits per heavy atom. The van der Waals surface area contributed by atoms with E-state index < -0.39 is 181 Å². The SMILES string of the molecule is CC[C@H](C)C(=O)O[C@H]1[C@H](Oc2cc(O)c3c(=O)c(O[C@@H]4O[C@H](CO)[C@@H](O)[C@H](O)[C@H]4O)c(-c4ccc(O)c(O)c4)oc3c2)O[C@@H](C)[C@H](O)[C@H]1O[C@@H]1O[C@H](COC(=O)C(C)CO)[C@@H](O)[C@H](O)[C@H]1O. The summed E-state index contributed by atoms with van der Waals surface area (Å²) in [5.74, 6) is -7.10. The van der Waals surface area contributed by atoms with Crippen molar-refractivity contribution in [1.29, 1.82) is 0 Å². The Morgan fingerprint density at radius 3 is 1.98 bits per heavy atom. The maximum absolute atomic E-state index is 14.2. The van der Waals surface area contributed by atoms with Gasteiger partial charge in [-0.05, 0) is 38.5 Å². The van der Waals surface area contributed by atoms with E-state index in [1.807, 2.05) is 0 Å². The molecular formula is C42H54O24. The molecule has 17 atom stereocenters. The smallest absolute Gasteiger partial charge is 0.311 e. The third-order valence-corrected chi connectivity index (χ3v) is 11.5. The molecule has 24 nitrogen and oxygen atoms in total. The number of phenols is 3. The zero-order valence-corrected chi connectivity index (χ0v) is 35.8. The van der Waals surface area contributed by atoms with Crippen LogP contribution in [0.5, 0.6) is 28.7 Å². The van der Waals surface area contributed by atoms with Crippen molar-refractivity contribution in [3.8, 4) is 40.1 Å². The number of aliphatic hydroxyl groups is 9. The molecule has 12 N–H and O–H groups in total. The van der Waals surface area contributed by atoms with Crippen LogP contribution in [0, 0.1) is 11.8 Å². The first-order valence-corrected chi connectivity index (χ1v) is 20.9. The molecule has 3 saturated heterocycles. The van der Waals surface area contributed by atoms with Crippen molar-refractivity contribution >= 4 is 22.9 Å². The number of ether oxygens (including phenoxy) is 8. The monoisotopic (exact) mass is 942 g/mol. The van der Waals surface area contributed by atoms with Crippen LogP contribution in [-0.2, 0) is 38.0 Å². The van der Waals surface area contributed by atoms with Crippen molar-refractivity contribution in [3.63, 3.8) is 0 Å². The fraction of sp³-hybridized carbons (Fsp3) is 0.595. The average molecular weight is 943 g/mol. The molecule has 4 heterocycles. The molecule has 3 aliphatic heterocycles. The van der Waals surface area contributed by atoms with Gasteiger partial charge in [0.05, 0.1) is 31.2 Å². The van der Waals surface area contributed by atoms with Gasteiger partial charge in [-0.25, -0.2) is 0 Å². The van der Waals surface area contributed by atoms with E-state index in [4.69, 9.17) is 42.3 Å². The molecule has 0 radical (unpaired) electrons. The van der Waals surface area contributed by atoms with Gasteiger partial charge in [0, 0.05) is 17.7 Å².